The van der Waals surface area contributed by atoms with Crippen LogP contribution < -0.4 is 0 Å². The third-order valence-electron chi connectivity index (χ3n) is 2.99. The smallest absolute Gasteiger partial charge is 0.387 e. The highest BCUT2D eigenvalue weighted by molar-refractivity contribution is 5.93. The highest BCUT2D eigenvalue weighted by Crippen LogP contribution is 2.33. The van der Waals surface area contributed by atoms with Gasteiger partial charge in [0.2, 0.25) is 0 Å². The first-order valence-electron chi connectivity index (χ1n) is 7.09. The molecule has 10 heteroatoms. The molecule has 2 heterocycles. The summed E-state index contributed by atoms with van der Waals surface area (Å²) in [5.74, 6) is -0.687. The molecular formula is C16H14F6N2O2. The summed E-state index contributed by atoms with van der Waals surface area (Å²) in [6, 6.07) is 4.07. The SMILES string of the molecule is CC(=O)c1ncccc1C(F)(F)F.CC(O)c1ncccc1C(F)(F)F. The van der Waals surface area contributed by atoms with E-state index in [9.17, 15) is 31.1 Å². The van der Waals surface area contributed by atoms with Crippen molar-refractivity contribution in [3.05, 3.63) is 59.2 Å². The van der Waals surface area contributed by atoms with Gasteiger partial charge in [0, 0.05) is 19.3 Å². The van der Waals surface area contributed by atoms with E-state index >= 15 is 0 Å². The standard InChI is InChI=1S/C8H8F3NO.C8H6F3NO/c2*1-5(13)7-6(8(9,10)11)3-2-4-12-7/h2-5,13H,1H3;2-4H,1H3. The number of carbonyl (C=O) groups excluding carboxylic acids is 1. The number of aromatic nitrogens is 2. The lowest BCUT2D eigenvalue weighted by molar-refractivity contribution is -0.139. The molecule has 1 N–H and O–H groups in total. The van der Waals surface area contributed by atoms with Gasteiger partial charge in [0.15, 0.2) is 5.78 Å². The van der Waals surface area contributed by atoms with E-state index in [4.69, 9.17) is 5.11 Å². The fraction of sp³-hybridized carbons (Fsp3) is 0.312. The second-order valence-corrected chi connectivity index (χ2v) is 5.06. The van der Waals surface area contributed by atoms with Crippen molar-refractivity contribution in [1.29, 1.82) is 0 Å². The van der Waals surface area contributed by atoms with Crippen LogP contribution in [0.15, 0.2) is 36.7 Å². The van der Waals surface area contributed by atoms with Crippen LogP contribution in [0.25, 0.3) is 0 Å². The summed E-state index contributed by atoms with van der Waals surface area (Å²) in [4.78, 5) is 17.6. The summed E-state index contributed by atoms with van der Waals surface area (Å²) in [5, 5.41) is 9.01. The second kappa shape index (κ2) is 8.26. The zero-order chi connectivity index (χ0) is 20.1. The lowest BCUT2D eigenvalue weighted by Gasteiger charge is -2.12. The molecular weight excluding hydrogens is 366 g/mol. The van der Waals surface area contributed by atoms with Crippen LogP contribution in [-0.2, 0) is 12.4 Å². The Labute approximate surface area is 144 Å². The summed E-state index contributed by atoms with van der Waals surface area (Å²) in [6.45, 7) is 2.30. The van der Waals surface area contributed by atoms with E-state index in [1.807, 2.05) is 0 Å². The predicted octanol–water partition coefficient (Wildman–Crippen LogP) is 4.46. The molecule has 2 aromatic rings. The highest BCUT2D eigenvalue weighted by atomic mass is 19.4. The maximum atomic E-state index is 12.3. The van der Waals surface area contributed by atoms with Gasteiger partial charge in [-0.15, -0.1) is 0 Å². The number of hydrogen-bond donors (Lipinski definition) is 1. The zero-order valence-electron chi connectivity index (χ0n) is 13.6. The van der Waals surface area contributed by atoms with Gasteiger partial charge in [-0.25, -0.2) is 0 Å². The normalized spacial score (nSPS) is 12.8. The van der Waals surface area contributed by atoms with Gasteiger partial charge in [0.1, 0.15) is 5.69 Å². The maximum Gasteiger partial charge on any atom is 0.418 e. The van der Waals surface area contributed by atoms with Crippen molar-refractivity contribution in [2.45, 2.75) is 32.3 Å². The molecule has 26 heavy (non-hydrogen) atoms. The molecule has 0 fully saturated rings. The minimum atomic E-state index is -4.52. The van der Waals surface area contributed by atoms with Gasteiger partial charge in [-0.1, -0.05) is 0 Å². The quantitative estimate of drug-likeness (QED) is 0.617. The van der Waals surface area contributed by atoms with Crippen LogP contribution in [0.3, 0.4) is 0 Å². The number of pyridine rings is 2. The topological polar surface area (TPSA) is 63.1 Å². The highest BCUT2D eigenvalue weighted by Gasteiger charge is 2.35. The van der Waals surface area contributed by atoms with E-state index in [1.165, 1.54) is 19.2 Å². The number of aliphatic hydroxyl groups is 1. The molecule has 2 rings (SSSR count). The number of rotatable bonds is 2. The van der Waals surface area contributed by atoms with Gasteiger partial charge in [-0.3, -0.25) is 14.8 Å². The maximum absolute atomic E-state index is 12.3. The van der Waals surface area contributed by atoms with Crippen molar-refractivity contribution in [3.8, 4) is 0 Å². The molecule has 0 amide bonds. The molecule has 2 aromatic heterocycles. The molecule has 0 saturated carbocycles. The average Bonchev–Trinajstić information content (AvgIpc) is 2.54. The number of hydrogen-bond acceptors (Lipinski definition) is 4. The molecule has 0 aliphatic heterocycles. The third-order valence-corrected chi connectivity index (χ3v) is 2.99. The molecule has 0 spiro atoms. The Balaban J connectivity index is 0.000000260. The molecule has 0 bridgehead atoms. The Morgan fingerprint density at radius 1 is 0.962 bits per heavy atom. The molecule has 0 aromatic carbocycles. The fourth-order valence-electron chi connectivity index (χ4n) is 1.90. The lowest BCUT2D eigenvalue weighted by Crippen LogP contribution is -2.12. The fourth-order valence-corrected chi connectivity index (χ4v) is 1.90. The van der Waals surface area contributed by atoms with Gasteiger partial charge >= 0.3 is 12.4 Å². The molecule has 142 valence electrons. The minimum Gasteiger partial charge on any atom is -0.387 e. The number of ketones is 1. The van der Waals surface area contributed by atoms with E-state index in [2.05, 4.69) is 9.97 Å². The van der Waals surface area contributed by atoms with Crippen LogP contribution >= 0.6 is 0 Å². The average molecular weight is 380 g/mol. The van der Waals surface area contributed by atoms with Crippen molar-refractivity contribution in [3.63, 3.8) is 0 Å². The first-order chi connectivity index (χ1) is 11.9. The largest absolute Gasteiger partial charge is 0.418 e. The van der Waals surface area contributed by atoms with E-state index in [1.54, 1.807) is 0 Å². The molecule has 0 saturated heterocycles. The Morgan fingerprint density at radius 2 is 1.42 bits per heavy atom. The summed E-state index contributed by atoms with van der Waals surface area (Å²) in [7, 11) is 0. The summed E-state index contributed by atoms with van der Waals surface area (Å²) in [6.07, 6.45) is -7.81. The Bertz CT molecular complexity index is 757. The van der Waals surface area contributed by atoms with Crippen LogP contribution in [0, 0.1) is 0 Å². The molecule has 0 radical (unpaired) electrons. The number of nitrogens with zero attached hydrogens (tertiary/aromatic N) is 2. The number of carbonyl (C=O) groups is 1. The van der Waals surface area contributed by atoms with Crippen LogP contribution in [-0.4, -0.2) is 20.9 Å². The van der Waals surface area contributed by atoms with Gasteiger partial charge in [-0.2, -0.15) is 26.3 Å². The summed E-state index contributed by atoms with van der Waals surface area (Å²) < 4.78 is 73.4. The van der Waals surface area contributed by atoms with Gasteiger partial charge < -0.3 is 5.11 Å². The van der Waals surface area contributed by atoms with E-state index in [0.29, 0.717) is 0 Å². The number of halogens is 6. The molecule has 1 atom stereocenters. The van der Waals surface area contributed by atoms with E-state index < -0.39 is 41.1 Å². The van der Waals surface area contributed by atoms with Crippen LogP contribution in [0.1, 0.15) is 47.3 Å². The first kappa shape index (κ1) is 21.6. The number of Topliss-reactive ketones (excluding diaryl/α,β-unsaturated/α-hetero) is 1. The van der Waals surface area contributed by atoms with E-state index in [-0.39, 0.29) is 5.69 Å². The predicted molar refractivity (Wildman–Crippen MR) is 79.1 cm³/mol. The molecule has 0 aliphatic rings. The monoisotopic (exact) mass is 380 g/mol. The number of alkyl halides is 6. The van der Waals surface area contributed by atoms with Crippen molar-refractivity contribution in [2.24, 2.45) is 0 Å². The lowest BCUT2D eigenvalue weighted by atomic mass is 10.1. The van der Waals surface area contributed by atoms with Crippen molar-refractivity contribution >= 4 is 5.78 Å². The van der Waals surface area contributed by atoms with Crippen molar-refractivity contribution < 1.29 is 36.2 Å². The Morgan fingerprint density at radius 3 is 1.77 bits per heavy atom. The first-order valence-corrected chi connectivity index (χ1v) is 7.09. The zero-order valence-corrected chi connectivity index (χ0v) is 13.6. The van der Waals surface area contributed by atoms with Gasteiger partial charge in [-0.05, 0) is 31.2 Å². The number of aliphatic hydroxyl groups excluding tert-OH is 1. The summed E-state index contributed by atoms with van der Waals surface area (Å²) in [5.41, 5.74) is -2.74. The summed E-state index contributed by atoms with van der Waals surface area (Å²) >= 11 is 0. The van der Waals surface area contributed by atoms with Crippen molar-refractivity contribution in [2.75, 3.05) is 0 Å². The van der Waals surface area contributed by atoms with Crippen LogP contribution in [0.5, 0.6) is 0 Å². The Hall–Kier alpha value is -2.49. The molecule has 1 unspecified atom stereocenters. The van der Waals surface area contributed by atoms with Crippen LogP contribution in [0.4, 0.5) is 26.3 Å². The minimum absolute atomic E-state index is 0.338. The van der Waals surface area contributed by atoms with Gasteiger partial charge in [0.25, 0.3) is 0 Å². The molecule has 0 aliphatic carbocycles. The Kier molecular flexibility index (Phi) is 6.85. The second-order valence-electron chi connectivity index (χ2n) is 5.06. The van der Waals surface area contributed by atoms with Crippen molar-refractivity contribution in [1.82, 2.24) is 9.97 Å². The van der Waals surface area contributed by atoms with Gasteiger partial charge in [0.05, 0.1) is 22.9 Å². The van der Waals surface area contributed by atoms with E-state index in [0.717, 1.165) is 31.3 Å². The van der Waals surface area contributed by atoms with Crippen LogP contribution in [0.2, 0.25) is 0 Å². The molecule has 4 nitrogen and oxygen atoms in total. The third kappa shape index (κ3) is 5.80.